The van der Waals surface area contributed by atoms with Gasteiger partial charge >= 0.3 is 12.1 Å². The summed E-state index contributed by atoms with van der Waals surface area (Å²) in [5.41, 5.74) is -1.49. The summed E-state index contributed by atoms with van der Waals surface area (Å²) in [7, 11) is 0. The van der Waals surface area contributed by atoms with E-state index in [1.807, 2.05) is 0 Å². The Kier molecular flexibility index (Phi) is 7.43. The number of nitrogens with zero attached hydrogens (tertiary/aromatic N) is 5. The number of halogens is 5. The lowest BCUT2D eigenvalue weighted by Gasteiger charge is -2.38. The van der Waals surface area contributed by atoms with Gasteiger partial charge in [0.25, 0.3) is 0 Å². The number of cyclic esters (lactones) is 1. The second-order valence-electron chi connectivity index (χ2n) is 9.74. The Morgan fingerprint density at radius 3 is 2.48 bits per heavy atom. The van der Waals surface area contributed by atoms with Crippen molar-refractivity contribution < 1.29 is 41.0 Å². The van der Waals surface area contributed by atoms with Crippen LogP contribution in [0.15, 0.2) is 36.8 Å². The number of pyridine rings is 1. The third-order valence-corrected chi connectivity index (χ3v) is 7.03. The summed E-state index contributed by atoms with van der Waals surface area (Å²) in [4.78, 5) is 32.1. The van der Waals surface area contributed by atoms with Crippen molar-refractivity contribution in [1.82, 2.24) is 20.0 Å². The maximum Gasteiger partial charge on any atom is 0.421 e. The van der Waals surface area contributed by atoms with Crippen molar-refractivity contribution in [2.24, 2.45) is 11.8 Å². The highest BCUT2D eigenvalue weighted by Gasteiger charge is 2.40. The van der Waals surface area contributed by atoms with Gasteiger partial charge in [-0.15, -0.1) is 0 Å². The molecule has 1 aromatic carbocycles. The summed E-state index contributed by atoms with van der Waals surface area (Å²) < 4.78 is 80.4. The molecule has 1 unspecified atom stereocenters. The van der Waals surface area contributed by atoms with Crippen molar-refractivity contribution >= 4 is 17.6 Å². The Hall–Kier alpha value is -4.10. The number of rotatable bonds is 6. The maximum atomic E-state index is 15.3. The molecule has 2 aromatic heterocycles. The van der Waals surface area contributed by atoms with Crippen LogP contribution in [0.2, 0.25) is 0 Å². The third-order valence-electron chi connectivity index (χ3n) is 7.03. The number of aromatic nitrogens is 4. The van der Waals surface area contributed by atoms with Crippen LogP contribution in [0.3, 0.4) is 0 Å². The van der Waals surface area contributed by atoms with Gasteiger partial charge in [-0.3, -0.25) is 14.1 Å². The first-order chi connectivity index (χ1) is 19.0. The number of esters is 1. The molecule has 1 amide bonds. The lowest BCUT2D eigenvalue weighted by Crippen LogP contribution is -2.48. The van der Waals surface area contributed by atoms with Crippen LogP contribution in [0.4, 0.5) is 27.6 Å². The molecule has 1 aliphatic heterocycles. The van der Waals surface area contributed by atoms with Crippen molar-refractivity contribution in [2.45, 2.75) is 51.6 Å². The minimum Gasteiger partial charge on any atom is -0.438 e. The number of fused-ring (bicyclic) bond motifs is 1. The average Bonchev–Trinajstić information content (AvgIpc) is 3.43. The van der Waals surface area contributed by atoms with Crippen LogP contribution in [0.25, 0.3) is 0 Å². The molecule has 212 valence electrons. The first-order valence-electron chi connectivity index (χ1n) is 12.6. The number of carbonyl (C=O) groups excluding carboxylic acids is 2. The number of hydrogen-bond acceptors (Lipinski definition) is 7. The average molecular weight is 565 g/mol. The highest BCUT2D eigenvalue weighted by atomic mass is 19.4. The molecule has 1 aliphatic carbocycles. The van der Waals surface area contributed by atoms with Gasteiger partial charge in [0.05, 0.1) is 36.9 Å². The van der Waals surface area contributed by atoms with Gasteiger partial charge in [0, 0.05) is 24.2 Å². The van der Waals surface area contributed by atoms with E-state index in [0.29, 0.717) is 25.7 Å². The third kappa shape index (κ3) is 5.47. The Morgan fingerprint density at radius 2 is 1.82 bits per heavy atom. The van der Waals surface area contributed by atoms with E-state index in [1.165, 1.54) is 19.3 Å². The van der Waals surface area contributed by atoms with Gasteiger partial charge in [0.2, 0.25) is 11.8 Å². The zero-order valence-electron chi connectivity index (χ0n) is 21.2. The largest absolute Gasteiger partial charge is 0.438 e. The van der Waals surface area contributed by atoms with Crippen LogP contribution >= 0.6 is 0 Å². The van der Waals surface area contributed by atoms with Crippen molar-refractivity contribution in [2.75, 3.05) is 11.6 Å². The highest BCUT2D eigenvalue weighted by Crippen LogP contribution is 2.41. The van der Waals surface area contributed by atoms with Crippen LogP contribution in [0.1, 0.15) is 54.1 Å². The molecule has 5 rings (SSSR count). The number of anilines is 1. The summed E-state index contributed by atoms with van der Waals surface area (Å²) >= 11 is 0. The van der Waals surface area contributed by atoms with E-state index in [-0.39, 0.29) is 29.3 Å². The molecule has 0 radical (unpaired) electrons. The Balaban J connectivity index is 1.45. The quantitative estimate of drug-likeness (QED) is 0.296. The number of carbonyl (C=O) groups is 2. The second kappa shape index (κ2) is 10.8. The smallest absolute Gasteiger partial charge is 0.421 e. The molecular weight excluding hydrogens is 541 g/mol. The Labute approximate surface area is 224 Å². The molecule has 2 aliphatic rings. The first-order valence-corrected chi connectivity index (χ1v) is 12.6. The van der Waals surface area contributed by atoms with E-state index in [2.05, 4.69) is 15.2 Å². The molecule has 0 N–H and O–H groups in total. The SMILES string of the molecule is CC1OC(=O)c2cc(Oc3ncc(Cn4nccn4)cc3C(F)(F)F)c(F)cc2N1C(=O)[C@H]1CC[C@H](CF)CC1. The fourth-order valence-electron chi connectivity index (χ4n) is 4.97. The van der Waals surface area contributed by atoms with Crippen LogP contribution in [-0.4, -0.2) is 44.8 Å². The van der Waals surface area contributed by atoms with E-state index in [0.717, 1.165) is 34.1 Å². The van der Waals surface area contributed by atoms with E-state index < -0.39 is 59.9 Å². The first kappa shape index (κ1) is 27.5. The van der Waals surface area contributed by atoms with Crippen molar-refractivity contribution in [3.05, 3.63) is 59.3 Å². The summed E-state index contributed by atoms with van der Waals surface area (Å²) in [5.74, 6) is -4.64. The second-order valence-corrected chi connectivity index (χ2v) is 9.74. The van der Waals surface area contributed by atoms with Gasteiger partial charge in [0.15, 0.2) is 17.8 Å². The Morgan fingerprint density at radius 1 is 1.12 bits per heavy atom. The molecule has 1 saturated carbocycles. The number of benzene rings is 1. The topological polar surface area (TPSA) is 99.4 Å². The van der Waals surface area contributed by atoms with Gasteiger partial charge in [-0.1, -0.05) is 0 Å². The summed E-state index contributed by atoms with van der Waals surface area (Å²) in [6.07, 6.45) is -0.198. The number of alkyl halides is 4. The normalized spacial score (nSPS) is 21.1. The highest BCUT2D eigenvalue weighted by molar-refractivity contribution is 6.06. The summed E-state index contributed by atoms with van der Waals surface area (Å²) in [6.45, 7) is 0.888. The van der Waals surface area contributed by atoms with E-state index in [4.69, 9.17) is 9.47 Å². The van der Waals surface area contributed by atoms with Crippen LogP contribution < -0.4 is 9.64 Å². The lowest BCUT2D eigenvalue weighted by molar-refractivity contribution is -0.139. The molecule has 3 aromatic rings. The van der Waals surface area contributed by atoms with Gasteiger partial charge in [-0.05, 0) is 50.2 Å². The minimum absolute atomic E-state index is 0.0858. The molecule has 9 nitrogen and oxygen atoms in total. The molecule has 40 heavy (non-hydrogen) atoms. The molecule has 0 saturated heterocycles. The fourth-order valence-corrected chi connectivity index (χ4v) is 4.97. The maximum absolute atomic E-state index is 15.3. The molecule has 0 spiro atoms. The number of amides is 1. The summed E-state index contributed by atoms with van der Waals surface area (Å²) in [5, 5.41) is 7.69. The number of ether oxygens (including phenoxy) is 2. The van der Waals surface area contributed by atoms with Crippen molar-refractivity contribution in [3.8, 4) is 11.6 Å². The minimum atomic E-state index is -4.90. The standard InChI is InChI=1S/C26H24F5N5O4/c1-14-36(24(37)17-4-2-15(11-27)3-5-17)21-10-20(28)22(9-18(21)25(38)39-14)40-23-19(26(29,30)31)8-16(12-32-23)13-35-33-6-7-34-35/h6-10,12,14-15,17H,2-5,11,13H2,1H3/t14?,15-,17-. The molecule has 0 bridgehead atoms. The lowest BCUT2D eigenvalue weighted by atomic mass is 9.81. The van der Waals surface area contributed by atoms with Gasteiger partial charge in [-0.25, -0.2) is 14.2 Å². The van der Waals surface area contributed by atoms with E-state index >= 15 is 4.39 Å². The van der Waals surface area contributed by atoms with E-state index in [1.54, 1.807) is 0 Å². The van der Waals surface area contributed by atoms with Gasteiger partial charge in [0.1, 0.15) is 5.56 Å². The predicted octanol–water partition coefficient (Wildman–Crippen LogP) is 5.30. The zero-order valence-corrected chi connectivity index (χ0v) is 21.2. The van der Waals surface area contributed by atoms with Gasteiger partial charge < -0.3 is 9.47 Å². The van der Waals surface area contributed by atoms with Crippen molar-refractivity contribution in [1.29, 1.82) is 0 Å². The van der Waals surface area contributed by atoms with Crippen molar-refractivity contribution in [3.63, 3.8) is 0 Å². The zero-order chi connectivity index (χ0) is 28.6. The van der Waals surface area contributed by atoms with Gasteiger partial charge in [-0.2, -0.15) is 28.2 Å². The Bertz CT molecular complexity index is 1410. The van der Waals surface area contributed by atoms with Crippen LogP contribution in [0, 0.1) is 17.7 Å². The van der Waals surface area contributed by atoms with Crippen LogP contribution in [0.5, 0.6) is 11.6 Å². The molecular formula is C26H24F5N5O4. The summed E-state index contributed by atoms with van der Waals surface area (Å²) in [6, 6.07) is 2.54. The molecule has 3 heterocycles. The molecule has 1 atom stereocenters. The molecule has 14 heteroatoms. The molecule has 1 fully saturated rings. The predicted molar refractivity (Wildman–Crippen MR) is 129 cm³/mol. The number of hydrogen-bond donors (Lipinski definition) is 0. The van der Waals surface area contributed by atoms with E-state index in [9.17, 15) is 27.2 Å². The monoisotopic (exact) mass is 565 g/mol. The fraction of sp³-hybridized carbons (Fsp3) is 0.423. The van der Waals surface area contributed by atoms with Crippen LogP contribution in [-0.2, 0) is 22.3 Å².